The highest BCUT2D eigenvalue weighted by Crippen LogP contribution is 2.38. The van der Waals surface area contributed by atoms with Gasteiger partial charge in [0.25, 0.3) is 0 Å². The maximum absolute atomic E-state index is 12.2. The topological polar surface area (TPSA) is 20.3 Å². The number of nitrogens with zero attached hydrogens (tertiary/aromatic N) is 1. The molecule has 1 aliphatic rings. The van der Waals surface area contributed by atoms with Crippen LogP contribution in [0.2, 0.25) is 0 Å². The minimum Gasteiger partial charge on any atom is -0.315 e. The molecule has 1 heterocycles. The van der Waals surface area contributed by atoms with Crippen LogP contribution in [-0.2, 0) is 11.2 Å². The SMILES string of the molecule is CC[C@@]1(C)Cc2ccccc2N(C)C1=O. The summed E-state index contributed by atoms with van der Waals surface area (Å²) in [6.45, 7) is 4.14. The first-order chi connectivity index (χ1) is 7.08. The van der Waals surface area contributed by atoms with E-state index in [-0.39, 0.29) is 11.3 Å². The number of anilines is 1. The summed E-state index contributed by atoms with van der Waals surface area (Å²) < 4.78 is 0. The zero-order valence-electron chi connectivity index (χ0n) is 9.58. The van der Waals surface area contributed by atoms with E-state index in [0.717, 1.165) is 18.5 Å². The van der Waals surface area contributed by atoms with Gasteiger partial charge in [0, 0.05) is 12.7 Å². The van der Waals surface area contributed by atoms with E-state index in [1.165, 1.54) is 5.56 Å². The molecule has 1 amide bonds. The van der Waals surface area contributed by atoms with Gasteiger partial charge < -0.3 is 4.90 Å². The van der Waals surface area contributed by atoms with Crippen LogP contribution in [0, 0.1) is 5.41 Å². The highest BCUT2D eigenvalue weighted by molar-refractivity contribution is 5.99. The van der Waals surface area contributed by atoms with E-state index in [9.17, 15) is 4.79 Å². The molecule has 0 bridgehead atoms. The fraction of sp³-hybridized carbons (Fsp3) is 0.462. The summed E-state index contributed by atoms with van der Waals surface area (Å²) in [6.07, 6.45) is 1.76. The number of para-hydroxylation sites is 1. The van der Waals surface area contributed by atoms with Crippen LogP contribution >= 0.6 is 0 Å². The molecular formula is C13H17NO. The molecule has 0 aliphatic carbocycles. The second-order valence-corrected chi connectivity index (χ2v) is 4.58. The Morgan fingerprint density at radius 1 is 1.40 bits per heavy atom. The molecule has 1 aliphatic heterocycles. The second kappa shape index (κ2) is 3.37. The van der Waals surface area contributed by atoms with Gasteiger partial charge in [0.1, 0.15) is 0 Å². The van der Waals surface area contributed by atoms with Gasteiger partial charge in [-0.15, -0.1) is 0 Å². The van der Waals surface area contributed by atoms with Crippen molar-refractivity contribution in [2.45, 2.75) is 26.7 Å². The summed E-state index contributed by atoms with van der Waals surface area (Å²) in [4.78, 5) is 14.0. The lowest BCUT2D eigenvalue weighted by Gasteiger charge is -2.38. The average molecular weight is 203 g/mol. The molecule has 0 N–H and O–H groups in total. The fourth-order valence-electron chi connectivity index (χ4n) is 2.27. The predicted molar refractivity (Wildman–Crippen MR) is 62.0 cm³/mol. The maximum atomic E-state index is 12.2. The number of carbonyl (C=O) groups excluding carboxylic acids is 1. The molecule has 0 saturated carbocycles. The Bertz CT molecular complexity index is 399. The van der Waals surface area contributed by atoms with E-state index in [1.54, 1.807) is 4.90 Å². The van der Waals surface area contributed by atoms with Crippen LogP contribution in [0.15, 0.2) is 24.3 Å². The zero-order chi connectivity index (χ0) is 11.1. The standard InChI is InChI=1S/C13H17NO/c1-4-13(2)9-10-7-5-6-8-11(10)14(3)12(13)15/h5-8H,4,9H2,1-3H3/t13-/m0/s1. The number of carbonyl (C=O) groups is 1. The predicted octanol–water partition coefficient (Wildman–Crippen LogP) is 2.62. The quantitative estimate of drug-likeness (QED) is 0.687. The first kappa shape index (κ1) is 10.2. The highest BCUT2D eigenvalue weighted by atomic mass is 16.2. The first-order valence-corrected chi connectivity index (χ1v) is 5.44. The number of benzene rings is 1. The lowest BCUT2D eigenvalue weighted by atomic mass is 9.77. The Labute approximate surface area is 90.9 Å². The van der Waals surface area contributed by atoms with Gasteiger partial charge in [-0.05, 0) is 24.5 Å². The van der Waals surface area contributed by atoms with Crippen molar-refractivity contribution in [3.63, 3.8) is 0 Å². The summed E-state index contributed by atoms with van der Waals surface area (Å²) >= 11 is 0. The third-order valence-electron chi connectivity index (χ3n) is 3.53. The van der Waals surface area contributed by atoms with Crippen molar-refractivity contribution in [3.8, 4) is 0 Å². The minimum atomic E-state index is -0.219. The molecule has 2 heteroatoms. The lowest BCUT2D eigenvalue weighted by Crippen LogP contribution is -2.45. The minimum absolute atomic E-state index is 0.219. The Balaban J connectivity index is 2.50. The van der Waals surface area contributed by atoms with E-state index >= 15 is 0 Å². The van der Waals surface area contributed by atoms with Crippen LogP contribution in [0.3, 0.4) is 0 Å². The first-order valence-electron chi connectivity index (χ1n) is 5.44. The smallest absolute Gasteiger partial charge is 0.232 e. The number of hydrogen-bond donors (Lipinski definition) is 0. The molecule has 0 saturated heterocycles. The largest absolute Gasteiger partial charge is 0.315 e. The number of amides is 1. The molecule has 1 aromatic rings. The van der Waals surface area contributed by atoms with Gasteiger partial charge in [-0.25, -0.2) is 0 Å². The van der Waals surface area contributed by atoms with Gasteiger partial charge in [0.15, 0.2) is 0 Å². The summed E-state index contributed by atoms with van der Waals surface area (Å²) in [6, 6.07) is 8.16. The Kier molecular flexibility index (Phi) is 2.29. The molecule has 0 spiro atoms. The second-order valence-electron chi connectivity index (χ2n) is 4.58. The van der Waals surface area contributed by atoms with Crippen molar-refractivity contribution >= 4 is 11.6 Å². The van der Waals surface area contributed by atoms with E-state index in [4.69, 9.17) is 0 Å². The summed E-state index contributed by atoms with van der Waals surface area (Å²) in [5.74, 6) is 0.240. The molecule has 80 valence electrons. The molecule has 1 aromatic carbocycles. The maximum Gasteiger partial charge on any atom is 0.232 e. The van der Waals surface area contributed by atoms with Gasteiger partial charge in [-0.1, -0.05) is 32.0 Å². The Morgan fingerprint density at radius 2 is 2.07 bits per heavy atom. The third-order valence-corrected chi connectivity index (χ3v) is 3.53. The monoisotopic (exact) mass is 203 g/mol. The molecule has 0 aromatic heterocycles. The molecule has 2 nitrogen and oxygen atoms in total. The van der Waals surface area contributed by atoms with Crippen LogP contribution in [-0.4, -0.2) is 13.0 Å². The summed E-state index contributed by atoms with van der Waals surface area (Å²) in [5, 5.41) is 0. The Morgan fingerprint density at radius 3 is 2.73 bits per heavy atom. The van der Waals surface area contributed by atoms with Gasteiger partial charge in [0.2, 0.25) is 5.91 Å². The zero-order valence-corrected chi connectivity index (χ0v) is 9.58. The normalized spacial score (nSPS) is 25.3. The number of hydrogen-bond acceptors (Lipinski definition) is 1. The molecule has 1 atom stereocenters. The van der Waals surface area contributed by atoms with Gasteiger partial charge in [-0.3, -0.25) is 4.79 Å². The van der Waals surface area contributed by atoms with Gasteiger partial charge >= 0.3 is 0 Å². The van der Waals surface area contributed by atoms with Crippen molar-refractivity contribution in [3.05, 3.63) is 29.8 Å². The van der Waals surface area contributed by atoms with Gasteiger partial charge in [0.05, 0.1) is 5.41 Å². The van der Waals surface area contributed by atoms with E-state index in [0.29, 0.717) is 0 Å². The van der Waals surface area contributed by atoms with E-state index < -0.39 is 0 Å². The molecule has 0 unspecified atom stereocenters. The average Bonchev–Trinajstić information content (AvgIpc) is 2.26. The van der Waals surface area contributed by atoms with E-state index in [1.807, 2.05) is 25.2 Å². The third kappa shape index (κ3) is 1.44. The van der Waals surface area contributed by atoms with Crippen LogP contribution in [0.25, 0.3) is 0 Å². The van der Waals surface area contributed by atoms with E-state index in [2.05, 4.69) is 19.9 Å². The molecule has 15 heavy (non-hydrogen) atoms. The molecule has 0 radical (unpaired) electrons. The van der Waals surface area contributed by atoms with Crippen molar-refractivity contribution in [2.24, 2.45) is 5.41 Å². The van der Waals surface area contributed by atoms with Crippen molar-refractivity contribution < 1.29 is 4.79 Å². The Hall–Kier alpha value is -1.31. The molecule has 0 fully saturated rings. The van der Waals surface area contributed by atoms with Crippen molar-refractivity contribution in [1.29, 1.82) is 0 Å². The van der Waals surface area contributed by atoms with Crippen LogP contribution in [0.1, 0.15) is 25.8 Å². The number of fused-ring (bicyclic) bond motifs is 1. The van der Waals surface area contributed by atoms with Crippen molar-refractivity contribution in [2.75, 3.05) is 11.9 Å². The van der Waals surface area contributed by atoms with Crippen LogP contribution < -0.4 is 4.90 Å². The number of rotatable bonds is 1. The lowest BCUT2D eigenvalue weighted by molar-refractivity contribution is -0.127. The van der Waals surface area contributed by atoms with Crippen LogP contribution in [0.5, 0.6) is 0 Å². The summed E-state index contributed by atoms with van der Waals surface area (Å²) in [5.41, 5.74) is 2.13. The summed E-state index contributed by atoms with van der Waals surface area (Å²) in [7, 11) is 1.87. The van der Waals surface area contributed by atoms with Crippen LogP contribution in [0.4, 0.5) is 5.69 Å². The fourth-order valence-corrected chi connectivity index (χ4v) is 2.27. The molecular weight excluding hydrogens is 186 g/mol. The van der Waals surface area contributed by atoms with Gasteiger partial charge in [-0.2, -0.15) is 0 Å². The highest BCUT2D eigenvalue weighted by Gasteiger charge is 2.39. The van der Waals surface area contributed by atoms with Crippen molar-refractivity contribution in [1.82, 2.24) is 0 Å². The molecule has 2 rings (SSSR count).